The topological polar surface area (TPSA) is 43.6 Å². The van der Waals surface area contributed by atoms with Crippen molar-refractivity contribution in [3.8, 4) is 129 Å². The Morgan fingerprint density at radius 3 is 0.718 bits per heavy atom. The molecule has 2 heterocycles. The molecular weight excluding hydrogens is 1030 g/mol. The highest BCUT2D eigenvalue weighted by atomic mass is 15.0. The summed E-state index contributed by atoms with van der Waals surface area (Å²) >= 11 is 0. The van der Waals surface area contributed by atoms with Gasteiger partial charge < -0.3 is 4.57 Å². The molecule has 15 aromatic rings. The third kappa shape index (κ3) is 9.78. The van der Waals surface area contributed by atoms with Crippen molar-refractivity contribution < 1.29 is 0 Å². The third-order valence-electron chi connectivity index (χ3n) is 16.2. The molecule has 85 heavy (non-hydrogen) atoms. The molecule has 0 spiro atoms. The van der Waals surface area contributed by atoms with Crippen molar-refractivity contribution in [3.05, 3.63) is 328 Å². The van der Waals surface area contributed by atoms with Crippen molar-refractivity contribution in [1.29, 1.82) is 0 Å². The van der Waals surface area contributed by atoms with Gasteiger partial charge >= 0.3 is 0 Å². The van der Waals surface area contributed by atoms with Crippen molar-refractivity contribution >= 4 is 21.8 Å². The van der Waals surface area contributed by atoms with Crippen LogP contribution < -0.4 is 0 Å². The average Bonchev–Trinajstić information content (AvgIpc) is 2.29. The number of benzene rings is 13. The first-order chi connectivity index (χ1) is 42.1. The Morgan fingerprint density at radius 1 is 0.176 bits per heavy atom. The summed E-state index contributed by atoms with van der Waals surface area (Å²) in [5.41, 5.74) is 23.6. The summed E-state index contributed by atoms with van der Waals surface area (Å²) in [7, 11) is 0. The van der Waals surface area contributed by atoms with Gasteiger partial charge in [0.2, 0.25) is 0 Å². The monoisotopic (exact) mass is 1080 g/mol. The summed E-state index contributed by atoms with van der Waals surface area (Å²) in [6.07, 6.45) is 0. The summed E-state index contributed by atoms with van der Waals surface area (Å²) in [4.78, 5) is 16.0. The third-order valence-corrected chi connectivity index (χ3v) is 16.2. The van der Waals surface area contributed by atoms with E-state index in [1.165, 1.54) is 0 Å². The molecule has 0 amide bonds. The summed E-state index contributed by atoms with van der Waals surface area (Å²) in [5, 5.41) is 2.33. The van der Waals surface area contributed by atoms with E-state index >= 15 is 0 Å². The predicted molar refractivity (Wildman–Crippen MR) is 354 cm³/mol. The van der Waals surface area contributed by atoms with Gasteiger partial charge in [-0.15, -0.1) is 0 Å². The fourth-order valence-corrected chi connectivity index (χ4v) is 12.1. The van der Waals surface area contributed by atoms with Gasteiger partial charge in [-0.1, -0.05) is 291 Å². The second-order valence-electron chi connectivity index (χ2n) is 21.5. The van der Waals surface area contributed by atoms with Gasteiger partial charge in [-0.3, -0.25) is 0 Å². The fourth-order valence-electron chi connectivity index (χ4n) is 12.1. The molecule has 2 aromatic heterocycles. The Hall–Kier alpha value is -11.3. The standard InChI is InChI=1S/C81H54N4/c1-9-25-55(26-10-1)59-41-45-63(46-42-59)72-51-69(81-83-79(65-37-21-7-22-38-65)82-80(84-81)66-39-23-8-24-40-66)52-73(64-47-43-60(44-48-64)56-27-11-2-12-28-56)78(72)85-74-53-67(57-29-13-3-14-30-57)49-70(61-33-17-5-18-34-61)76(74)77-71(62-35-19-6-20-36-62)50-68(54-75(77)85)58-31-15-4-16-32-58/h1-54H. The minimum Gasteiger partial charge on any atom is -0.308 e. The molecule has 0 atom stereocenters. The van der Waals surface area contributed by atoms with Crippen LogP contribution in [0.3, 0.4) is 0 Å². The molecule has 0 aliphatic rings. The Morgan fingerprint density at radius 2 is 0.400 bits per heavy atom. The molecule has 13 aromatic carbocycles. The van der Waals surface area contributed by atoms with E-state index in [0.717, 1.165) is 133 Å². The fraction of sp³-hybridized carbons (Fsp3) is 0. The van der Waals surface area contributed by atoms with Crippen LogP contribution in [0, 0.1) is 0 Å². The Bertz CT molecular complexity index is 4540. The molecule has 4 heteroatoms. The zero-order chi connectivity index (χ0) is 56.5. The van der Waals surface area contributed by atoms with E-state index in [-0.39, 0.29) is 0 Å². The molecule has 0 bridgehead atoms. The maximum absolute atomic E-state index is 5.42. The van der Waals surface area contributed by atoms with E-state index < -0.39 is 0 Å². The van der Waals surface area contributed by atoms with Crippen LogP contribution >= 0.6 is 0 Å². The molecule has 398 valence electrons. The van der Waals surface area contributed by atoms with Gasteiger partial charge in [0.15, 0.2) is 17.5 Å². The van der Waals surface area contributed by atoms with Gasteiger partial charge in [0.25, 0.3) is 0 Å². The van der Waals surface area contributed by atoms with Crippen LogP contribution in [0.25, 0.3) is 151 Å². The number of hydrogen-bond acceptors (Lipinski definition) is 3. The highest BCUT2D eigenvalue weighted by Gasteiger charge is 2.28. The van der Waals surface area contributed by atoms with E-state index in [0.29, 0.717) is 17.5 Å². The molecule has 0 aliphatic heterocycles. The summed E-state index contributed by atoms with van der Waals surface area (Å²) in [6.45, 7) is 0. The number of rotatable bonds is 12. The van der Waals surface area contributed by atoms with Crippen molar-refractivity contribution in [1.82, 2.24) is 19.5 Å². The lowest BCUT2D eigenvalue weighted by Gasteiger charge is -2.22. The molecule has 0 saturated heterocycles. The number of hydrogen-bond donors (Lipinski definition) is 0. The summed E-state index contributed by atoms with van der Waals surface area (Å²) in [5.74, 6) is 1.77. The lowest BCUT2D eigenvalue weighted by atomic mass is 9.90. The van der Waals surface area contributed by atoms with E-state index in [9.17, 15) is 0 Å². The van der Waals surface area contributed by atoms with Crippen LogP contribution in [-0.2, 0) is 0 Å². The molecule has 0 N–H and O–H groups in total. The van der Waals surface area contributed by atoms with E-state index in [1.54, 1.807) is 0 Å². The van der Waals surface area contributed by atoms with E-state index in [4.69, 9.17) is 15.0 Å². The van der Waals surface area contributed by atoms with Crippen molar-refractivity contribution in [3.63, 3.8) is 0 Å². The van der Waals surface area contributed by atoms with E-state index in [1.807, 2.05) is 36.4 Å². The normalized spacial score (nSPS) is 11.3. The number of fused-ring (bicyclic) bond motifs is 3. The van der Waals surface area contributed by atoms with Gasteiger partial charge in [-0.2, -0.15) is 0 Å². The molecule has 4 nitrogen and oxygen atoms in total. The summed E-state index contributed by atoms with van der Waals surface area (Å²) in [6, 6.07) is 118. The molecule has 0 unspecified atom stereocenters. The SMILES string of the molecule is c1ccc(-c2ccc(-c3cc(-c4nc(-c5ccccc5)nc(-c5ccccc5)n4)cc(-c4ccc(-c5ccccc5)cc4)c3-n3c4cc(-c5ccccc5)cc(-c5ccccc5)c4c4c(-c5ccccc5)cc(-c5ccccc5)cc43)cc2)cc1. The summed E-state index contributed by atoms with van der Waals surface area (Å²) < 4.78 is 2.59. The molecule has 0 aliphatic carbocycles. The highest BCUT2D eigenvalue weighted by Crippen LogP contribution is 2.50. The second kappa shape index (κ2) is 22.2. The minimum absolute atomic E-state index is 0.571. The first-order valence-electron chi connectivity index (χ1n) is 28.9. The zero-order valence-electron chi connectivity index (χ0n) is 46.5. The number of nitrogens with zero attached hydrogens (tertiary/aromatic N) is 4. The van der Waals surface area contributed by atoms with Crippen LogP contribution in [0.1, 0.15) is 0 Å². The van der Waals surface area contributed by atoms with Gasteiger partial charge in [0.05, 0.1) is 16.7 Å². The van der Waals surface area contributed by atoms with Gasteiger partial charge in [-0.25, -0.2) is 15.0 Å². The van der Waals surface area contributed by atoms with Gasteiger partial charge in [0.1, 0.15) is 0 Å². The smallest absolute Gasteiger partial charge is 0.164 e. The van der Waals surface area contributed by atoms with Crippen LogP contribution in [0.15, 0.2) is 328 Å². The van der Waals surface area contributed by atoms with Crippen molar-refractivity contribution in [2.75, 3.05) is 0 Å². The van der Waals surface area contributed by atoms with E-state index in [2.05, 4.69) is 296 Å². The quantitative estimate of drug-likeness (QED) is 0.122. The maximum atomic E-state index is 5.42. The Kier molecular flexibility index (Phi) is 13.2. The molecule has 15 rings (SSSR count). The minimum atomic E-state index is 0.571. The molecule has 0 radical (unpaired) electrons. The van der Waals surface area contributed by atoms with Crippen LogP contribution in [-0.4, -0.2) is 19.5 Å². The Labute approximate surface area is 495 Å². The van der Waals surface area contributed by atoms with Crippen LogP contribution in [0.5, 0.6) is 0 Å². The average molecular weight is 1080 g/mol. The van der Waals surface area contributed by atoms with Crippen LogP contribution in [0.4, 0.5) is 0 Å². The molecule has 0 fully saturated rings. The van der Waals surface area contributed by atoms with Crippen molar-refractivity contribution in [2.24, 2.45) is 0 Å². The van der Waals surface area contributed by atoms with Gasteiger partial charge in [-0.05, 0) is 114 Å². The zero-order valence-corrected chi connectivity index (χ0v) is 46.5. The highest BCUT2D eigenvalue weighted by molar-refractivity contribution is 6.23. The first kappa shape index (κ1) is 50.6. The largest absolute Gasteiger partial charge is 0.308 e. The first-order valence-corrected chi connectivity index (χ1v) is 28.9. The van der Waals surface area contributed by atoms with Crippen molar-refractivity contribution in [2.45, 2.75) is 0 Å². The van der Waals surface area contributed by atoms with Crippen LogP contribution in [0.2, 0.25) is 0 Å². The predicted octanol–water partition coefficient (Wildman–Crippen LogP) is 21.3. The number of aromatic nitrogens is 4. The molecular formula is C81H54N4. The lowest BCUT2D eigenvalue weighted by Crippen LogP contribution is -2.04. The second-order valence-corrected chi connectivity index (χ2v) is 21.5. The lowest BCUT2D eigenvalue weighted by molar-refractivity contribution is 1.07. The molecule has 0 saturated carbocycles. The maximum Gasteiger partial charge on any atom is 0.164 e. The van der Waals surface area contributed by atoms with Gasteiger partial charge in [0, 0.05) is 38.6 Å². The Balaban J connectivity index is 1.13.